The predicted molar refractivity (Wildman–Crippen MR) is 75.2 cm³/mol. The average molecular weight is 291 g/mol. The molecule has 0 heterocycles. The van der Waals surface area contributed by atoms with E-state index >= 15 is 0 Å². The molecule has 110 valence electrons. The van der Waals surface area contributed by atoms with Crippen molar-refractivity contribution >= 4 is 5.69 Å². The fourth-order valence-electron chi connectivity index (χ4n) is 1.76. The van der Waals surface area contributed by atoms with Crippen molar-refractivity contribution in [2.75, 3.05) is 13.2 Å². The molecule has 2 aromatic carbocycles. The molecule has 0 aromatic heterocycles. The standard InChI is InChI=1S/C15H14FNO4/c1-11-6-7-15(13(10-11)17(18)19)21-9-8-20-14-5-3-2-4-12(14)16/h2-7,10H,8-9H2,1H3. The number of nitro benzene ring substituents is 1. The zero-order valence-electron chi connectivity index (χ0n) is 11.4. The van der Waals surface area contributed by atoms with Crippen LogP contribution in [-0.2, 0) is 0 Å². The van der Waals surface area contributed by atoms with Gasteiger partial charge in [-0.2, -0.15) is 0 Å². The molecule has 0 N–H and O–H groups in total. The number of rotatable bonds is 6. The van der Waals surface area contributed by atoms with Crippen molar-refractivity contribution in [3.63, 3.8) is 0 Å². The van der Waals surface area contributed by atoms with Crippen LogP contribution in [0.1, 0.15) is 5.56 Å². The second-order valence-corrected chi connectivity index (χ2v) is 4.36. The van der Waals surface area contributed by atoms with Crippen LogP contribution >= 0.6 is 0 Å². The monoisotopic (exact) mass is 291 g/mol. The van der Waals surface area contributed by atoms with Gasteiger partial charge in [-0.1, -0.05) is 18.2 Å². The number of nitro groups is 1. The fraction of sp³-hybridized carbons (Fsp3) is 0.200. The Hall–Kier alpha value is -2.63. The topological polar surface area (TPSA) is 61.6 Å². The summed E-state index contributed by atoms with van der Waals surface area (Å²) in [6.45, 7) is 1.93. The number of para-hydroxylation sites is 1. The maximum absolute atomic E-state index is 13.3. The van der Waals surface area contributed by atoms with E-state index in [1.807, 2.05) is 0 Å². The van der Waals surface area contributed by atoms with Crippen LogP contribution in [-0.4, -0.2) is 18.1 Å². The van der Waals surface area contributed by atoms with Gasteiger partial charge in [0.15, 0.2) is 17.3 Å². The highest BCUT2D eigenvalue weighted by Gasteiger charge is 2.14. The molecule has 0 bridgehead atoms. The van der Waals surface area contributed by atoms with E-state index in [0.717, 1.165) is 5.56 Å². The third-order valence-corrected chi connectivity index (χ3v) is 2.75. The predicted octanol–water partition coefficient (Wildman–Crippen LogP) is 3.50. The highest BCUT2D eigenvalue weighted by molar-refractivity contribution is 5.48. The van der Waals surface area contributed by atoms with Gasteiger partial charge in [0.25, 0.3) is 0 Å². The molecule has 21 heavy (non-hydrogen) atoms. The van der Waals surface area contributed by atoms with Crippen LogP contribution in [0.15, 0.2) is 42.5 Å². The van der Waals surface area contributed by atoms with E-state index in [2.05, 4.69) is 0 Å². The molecule has 6 heteroatoms. The Kier molecular flexibility index (Phi) is 4.71. The van der Waals surface area contributed by atoms with Gasteiger partial charge in [0.05, 0.1) is 4.92 Å². The number of ether oxygens (including phenoxy) is 2. The Morgan fingerprint density at radius 3 is 2.43 bits per heavy atom. The van der Waals surface area contributed by atoms with Crippen molar-refractivity contribution in [1.29, 1.82) is 0 Å². The first kappa shape index (κ1) is 14.8. The lowest BCUT2D eigenvalue weighted by Crippen LogP contribution is -2.10. The highest BCUT2D eigenvalue weighted by atomic mass is 19.1. The summed E-state index contributed by atoms with van der Waals surface area (Å²) in [5, 5.41) is 10.9. The van der Waals surface area contributed by atoms with E-state index in [-0.39, 0.29) is 30.4 Å². The molecular weight excluding hydrogens is 277 g/mol. The number of nitrogens with zero attached hydrogens (tertiary/aromatic N) is 1. The summed E-state index contributed by atoms with van der Waals surface area (Å²) in [5.74, 6) is -0.166. The summed E-state index contributed by atoms with van der Waals surface area (Å²) in [4.78, 5) is 10.4. The van der Waals surface area contributed by atoms with Gasteiger partial charge < -0.3 is 9.47 Å². The molecule has 0 aliphatic rings. The molecule has 0 saturated carbocycles. The van der Waals surface area contributed by atoms with Crippen molar-refractivity contribution < 1.29 is 18.8 Å². The first-order chi connectivity index (χ1) is 10.1. The smallest absolute Gasteiger partial charge is 0.311 e. The molecule has 0 aliphatic heterocycles. The molecule has 0 amide bonds. The van der Waals surface area contributed by atoms with E-state index in [4.69, 9.17) is 9.47 Å². The van der Waals surface area contributed by atoms with Gasteiger partial charge in [0.1, 0.15) is 13.2 Å². The molecule has 2 aromatic rings. The maximum Gasteiger partial charge on any atom is 0.311 e. The maximum atomic E-state index is 13.3. The van der Waals surface area contributed by atoms with Gasteiger partial charge in [-0.25, -0.2) is 4.39 Å². The Morgan fingerprint density at radius 2 is 1.76 bits per heavy atom. The zero-order chi connectivity index (χ0) is 15.2. The molecular formula is C15H14FNO4. The van der Waals surface area contributed by atoms with Crippen LogP contribution in [0, 0.1) is 22.9 Å². The average Bonchev–Trinajstić information content (AvgIpc) is 2.46. The quantitative estimate of drug-likeness (QED) is 0.464. The molecule has 0 atom stereocenters. The van der Waals surface area contributed by atoms with E-state index in [9.17, 15) is 14.5 Å². The van der Waals surface area contributed by atoms with Crippen molar-refractivity contribution in [2.24, 2.45) is 0 Å². The van der Waals surface area contributed by atoms with Crippen molar-refractivity contribution in [3.8, 4) is 11.5 Å². The van der Waals surface area contributed by atoms with Gasteiger partial charge in [0, 0.05) is 6.07 Å². The second kappa shape index (κ2) is 6.69. The third kappa shape index (κ3) is 3.92. The minimum atomic E-state index is -0.500. The molecule has 0 unspecified atom stereocenters. The number of aryl methyl sites for hydroxylation is 1. The SMILES string of the molecule is Cc1ccc(OCCOc2ccccc2F)c([N+](=O)[O-])c1. The Labute approximate surface area is 121 Å². The summed E-state index contributed by atoms with van der Waals surface area (Å²) in [5.41, 5.74) is 0.678. The first-order valence-corrected chi connectivity index (χ1v) is 6.33. The summed E-state index contributed by atoms with van der Waals surface area (Å²) in [7, 11) is 0. The second-order valence-electron chi connectivity index (χ2n) is 4.36. The molecule has 0 saturated heterocycles. The lowest BCUT2D eigenvalue weighted by molar-refractivity contribution is -0.385. The van der Waals surface area contributed by atoms with Crippen LogP contribution in [0.25, 0.3) is 0 Å². The molecule has 0 aliphatic carbocycles. The van der Waals surface area contributed by atoms with E-state index < -0.39 is 10.7 Å². The summed E-state index contributed by atoms with van der Waals surface area (Å²) >= 11 is 0. The lowest BCUT2D eigenvalue weighted by atomic mass is 10.2. The number of hydrogen-bond donors (Lipinski definition) is 0. The molecule has 0 fully saturated rings. The highest BCUT2D eigenvalue weighted by Crippen LogP contribution is 2.27. The van der Waals surface area contributed by atoms with Crippen LogP contribution in [0.5, 0.6) is 11.5 Å². The van der Waals surface area contributed by atoms with Crippen molar-refractivity contribution in [3.05, 3.63) is 64.0 Å². The van der Waals surface area contributed by atoms with Gasteiger partial charge in [-0.15, -0.1) is 0 Å². The normalized spacial score (nSPS) is 10.2. The van der Waals surface area contributed by atoms with Crippen molar-refractivity contribution in [1.82, 2.24) is 0 Å². The van der Waals surface area contributed by atoms with Crippen LogP contribution in [0.2, 0.25) is 0 Å². The van der Waals surface area contributed by atoms with Crippen molar-refractivity contribution in [2.45, 2.75) is 6.92 Å². The number of hydrogen-bond acceptors (Lipinski definition) is 4. The number of benzene rings is 2. The minimum Gasteiger partial charge on any atom is -0.487 e. The van der Waals surface area contributed by atoms with Gasteiger partial charge in [0.2, 0.25) is 0 Å². The van der Waals surface area contributed by atoms with Gasteiger partial charge >= 0.3 is 5.69 Å². The Balaban J connectivity index is 1.92. The molecule has 2 rings (SSSR count). The Morgan fingerprint density at radius 1 is 1.10 bits per heavy atom. The molecule has 5 nitrogen and oxygen atoms in total. The van der Waals surface area contributed by atoms with E-state index in [0.29, 0.717) is 0 Å². The minimum absolute atomic E-state index is 0.0816. The first-order valence-electron chi connectivity index (χ1n) is 6.33. The van der Waals surface area contributed by atoms with E-state index in [1.54, 1.807) is 25.1 Å². The molecule has 0 spiro atoms. The molecule has 0 radical (unpaired) electrons. The van der Waals surface area contributed by atoms with Gasteiger partial charge in [-0.05, 0) is 30.7 Å². The lowest BCUT2D eigenvalue weighted by Gasteiger charge is -2.09. The summed E-state index contributed by atoms with van der Waals surface area (Å²) < 4.78 is 23.8. The largest absolute Gasteiger partial charge is 0.487 e. The summed E-state index contributed by atoms with van der Waals surface area (Å²) in [6, 6.07) is 10.7. The Bertz CT molecular complexity index is 645. The van der Waals surface area contributed by atoms with Crippen LogP contribution in [0.3, 0.4) is 0 Å². The zero-order valence-corrected chi connectivity index (χ0v) is 11.4. The summed E-state index contributed by atoms with van der Waals surface area (Å²) in [6.07, 6.45) is 0. The van der Waals surface area contributed by atoms with E-state index in [1.165, 1.54) is 24.3 Å². The van der Waals surface area contributed by atoms with Crippen LogP contribution in [0.4, 0.5) is 10.1 Å². The van der Waals surface area contributed by atoms with Crippen LogP contribution < -0.4 is 9.47 Å². The fourth-order valence-corrected chi connectivity index (χ4v) is 1.76. The van der Waals surface area contributed by atoms with Gasteiger partial charge in [-0.3, -0.25) is 10.1 Å². The number of halogens is 1. The third-order valence-electron chi connectivity index (χ3n) is 2.75.